The van der Waals surface area contributed by atoms with Gasteiger partial charge in [-0.15, -0.1) is 11.8 Å². The molecular formula is C13H20ClNO2S2. The van der Waals surface area contributed by atoms with Crippen LogP contribution in [0.5, 0.6) is 0 Å². The maximum absolute atomic E-state index is 11.1. The molecule has 0 aliphatic heterocycles. The van der Waals surface area contributed by atoms with E-state index < -0.39 is 9.84 Å². The number of sulfone groups is 1. The Morgan fingerprint density at radius 2 is 2.05 bits per heavy atom. The van der Waals surface area contributed by atoms with Crippen molar-refractivity contribution in [1.82, 2.24) is 5.32 Å². The van der Waals surface area contributed by atoms with Crippen LogP contribution in [0.3, 0.4) is 0 Å². The summed E-state index contributed by atoms with van der Waals surface area (Å²) in [5, 5.41) is 4.03. The van der Waals surface area contributed by atoms with Gasteiger partial charge in [-0.05, 0) is 17.7 Å². The van der Waals surface area contributed by atoms with E-state index in [1.54, 1.807) is 0 Å². The minimum atomic E-state index is -2.91. The van der Waals surface area contributed by atoms with E-state index in [4.69, 9.17) is 11.6 Å². The third-order valence-corrected chi connectivity index (χ3v) is 4.98. The fourth-order valence-corrected chi connectivity index (χ4v) is 3.96. The summed E-state index contributed by atoms with van der Waals surface area (Å²) in [5.74, 6) is 0.731. The number of benzene rings is 1. The Hall–Kier alpha value is -0.230. The minimum Gasteiger partial charge on any atom is -0.310 e. The summed E-state index contributed by atoms with van der Waals surface area (Å²) in [6, 6.07) is 6.15. The Balaban J connectivity index is 2.71. The van der Waals surface area contributed by atoms with Crippen LogP contribution in [0, 0.1) is 0 Å². The molecule has 0 saturated carbocycles. The highest BCUT2D eigenvalue weighted by molar-refractivity contribution is 8.00. The molecule has 1 aromatic rings. The molecule has 6 heteroatoms. The maximum atomic E-state index is 11.1. The standard InChI is InChI=1S/C13H20ClNO2S2/c1-10(2)15-9-11-4-5-12(14)8-13(11)18-6-7-19(3,16)17/h4-5,8,10,15H,6-7,9H2,1-3H3. The number of halogens is 1. The molecule has 0 aromatic heterocycles. The van der Waals surface area contributed by atoms with Crippen molar-refractivity contribution in [1.29, 1.82) is 0 Å². The fourth-order valence-electron chi connectivity index (χ4n) is 1.43. The normalized spacial score (nSPS) is 12.1. The lowest BCUT2D eigenvalue weighted by Crippen LogP contribution is -2.22. The molecule has 108 valence electrons. The lowest BCUT2D eigenvalue weighted by Gasteiger charge is -2.12. The molecule has 3 nitrogen and oxygen atoms in total. The molecule has 0 aliphatic rings. The Kier molecular flexibility index (Phi) is 6.66. The zero-order chi connectivity index (χ0) is 14.5. The van der Waals surface area contributed by atoms with Gasteiger partial charge >= 0.3 is 0 Å². The van der Waals surface area contributed by atoms with Crippen LogP contribution in [-0.2, 0) is 16.4 Å². The van der Waals surface area contributed by atoms with Crippen molar-refractivity contribution in [2.45, 2.75) is 31.3 Å². The molecule has 0 atom stereocenters. The van der Waals surface area contributed by atoms with Crippen molar-refractivity contribution < 1.29 is 8.42 Å². The molecular weight excluding hydrogens is 302 g/mol. The lowest BCUT2D eigenvalue weighted by atomic mass is 10.2. The second-order valence-electron chi connectivity index (χ2n) is 4.77. The Morgan fingerprint density at radius 3 is 2.63 bits per heavy atom. The predicted octanol–water partition coefficient (Wildman–Crippen LogP) is 2.97. The summed E-state index contributed by atoms with van der Waals surface area (Å²) in [5.41, 5.74) is 1.15. The monoisotopic (exact) mass is 321 g/mol. The van der Waals surface area contributed by atoms with Crippen LogP contribution >= 0.6 is 23.4 Å². The van der Waals surface area contributed by atoms with Gasteiger partial charge in [0.2, 0.25) is 0 Å². The van der Waals surface area contributed by atoms with E-state index in [0.29, 0.717) is 16.8 Å². The number of hydrogen-bond donors (Lipinski definition) is 1. The molecule has 1 rings (SSSR count). The van der Waals surface area contributed by atoms with E-state index in [0.717, 1.165) is 17.0 Å². The van der Waals surface area contributed by atoms with Crippen LogP contribution in [-0.4, -0.2) is 32.2 Å². The number of rotatable bonds is 7. The largest absolute Gasteiger partial charge is 0.310 e. The second kappa shape index (κ2) is 7.53. The molecule has 0 aliphatic carbocycles. The third-order valence-electron chi connectivity index (χ3n) is 2.44. The van der Waals surface area contributed by atoms with E-state index in [9.17, 15) is 8.42 Å². The molecule has 0 saturated heterocycles. The smallest absolute Gasteiger partial charge is 0.148 e. The molecule has 19 heavy (non-hydrogen) atoms. The van der Waals surface area contributed by atoms with Crippen molar-refractivity contribution in [2.75, 3.05) is 17.8 Å². The van der Waals surface area contributed by atoms with Crippen molar-refractivity contribution in [3.8, 4) is 0 Å². The zero-order valence-electron chi connectivity index (χ0n) is 11.4. The quantitative estimate of drug-likeness (QED) is 0.784. The van der Waals surface area contributed by atoms with Gasteiger partial charge in [0.05, 0.1) is 5.75 Å². The van der Waals surface area contributed by atoms with Crippen molar-refractivity contribution in [3.05, 3.63) is 28.8 Å². The van der Waals surface area contributed by atoms with Gasteiger partial charge in [0, 0.05) is 34.5 Å². The first-order valence-corrected chi connectivity index (χ1v) is 9.52. The van der Waals surface area contributed by atoms with Gasteiger partial charge in [-0.2, -0.15) is 0 Å². The molecule has 0 amide bonds. The average molecular weight is 322 g/mol. The van der Waals surface area contributed by atoms with E-state index in [2.05, 4.69) is 19.2 Å². The van der Waals surface area contributed by atoms with Crippen LogP contribution in [0.4, 0.5) is 0 Å². The first kappa shape index (κ1) is 16.8. The highest BCUT2D eigenvalue weighted by atomic mass is 35.5. The zero-order valence-corrected chi connectivity index (χ0v) is 13.8. The van der Waals surface area contributed by atoms with Crippen molar-refractivity contribution in [3.63, 3.8) is 0 Å². The molecule has 0 unspecified atom stereocenters. The Morgan fingerprint density at radius 1 is 1.37 bits per heavy atom. The highest BCUT2D eigenvalue weighted by Gasteiger charge is 2.07. The molecule has 0 spiro atoms. The predicted molar refractivity (Wildman–Crippen MR) is 83.9 cm³/mol. The van der Waals surface area contributed by atoms with Crippen LogP contribution in [0.2, 0.25) is 5.02 Å². The summed E-state index contributed by atoms with van der Waals surface area (Å²) in [6.45, 7) is 4.94. The molecule has 0 heterocycles. The average Bonchev–Trinajstić information content (AvgIpc) is 2.26. The minimum absolute atomic E-state index is 0.182. The van der Waals surface area contributed by atoms with Crippen LogP contribution in [0.1, 0.15) is 19.4 Å². The van der Waals surface area contributed by atoms with E-state index in [1.807, 2.05) is 18.2 Å². The fraction of sp³-hybridized carbons (Fsp3) is 0.538. The van der Waals surface area contributed by atoms with E-state index in [-0.39, 0.29) is 5.75 Å². The maximum Gasteiger partial charge on any atom is 0.148 e. The van der Waals surface area contributed by atoms with Crippen molar-refractivity contribution >= 4 is 33.2 Å². The van der Waals surface area contributed by atoms with E-state index >= 15 is 0 Å². The molecule has 0 fully saturated rings. The van der Waals surface area contributed by atoms with Crippen LogP contribution in [0.15, 0.2) is 23.1 Å². The van der Waals surface area contributed by atoms with Crippen LogP contribution in [0.25, 0.3) is 0 Å². The second-order valence-corrected chi connectivity index (χ2v) is 8.60. The SMILES string of the molecule is CC(C)NCc1ccc(Cl)cc1SCCS(C)(=O)=O. The van der Waals surface area contributed by atoms with Gasteiger partial charge in [-0.25, -0.2) is 8.42 Å². The number of nitrogens with one attached hydrogen (secondary N) is 1. The summed E-state index contributed by atoms with van der Waals surface area (Å²) in [7, 11) is -2.91. The summed E-state index contributed by atoms with van der Waals surface area (Å²) < 4.78 is 22.3. The molecule has 0 radical (unpaired) electrons. The molecule has 1 N–H and O–H groups in total. The van der Waals surface area contributed by atoms with Gasteiger partial charge in [-0.3, -0.25) is 0 Å². The topological polar surface area (TPSA) is 46.2 Å². The van der Waals surface area contributed by atoms with Gasteiger partial charge in [0.15, 0.2) is 0 Å². The first-order chi connectivity index (χ1) is 8.78. The van der Waals surface area contributed by atoms with Gasteiger partial charge in [0.25, 0.3) is 0 Å². The van der Waals surface area contributed by atoms with Gasteiger partial charge in [-0.1, -0.05) is 31.5 Å². The molecule has 0 bridgehead atoms. The summed E-state index contributed by atoms with van der Waals surface area (Å²) >= 11 is 7.53. The lowest BCUT2D eigenvalue weighted by molar-refractivity contribution is 0.585. The van der Waals surface area contributed by atoms with Gasteiger partial charge < -0.3 is 5.32 Å². The van der Waals surface area contributed by atoms with E-state index in [1.165, 1.54) is 18.0 Å². The Bertz CT molecular complexity index is 515. The number of hydrogen-bond acceptors (Lipinski definition) is 4. The summed E-state index contributed by atoms with van der Waals surface area (Å²) in [6.07, 6.45) is 1.26. The summed E-state index contributed by atoms with van der Waals surface area (Å²) in [4.78, 5) is 1.05. The Labute approximate surface area is 125 Å². The molecule has 1 aromatic carbocycles. The third kappa shape index (κ3) is 7.20. The van der Waals surface area contributed by atoms with Gasteiger partial charge in [0.1, 0.15) is 9.84 Å². The van der Waals surface area contributed by atoms with Crippen LogP contribution < -0.4 is 5.32 Å². The van der Waals surface area contributed by atoms with Crippen molar-refractivity contribution in [2.24, 2.45) is 0 Å². The first-order valence-electron chi connectivity index (χ1n) is 6.10. The highest BCUT2D eigenvalue weighted by Crippen LogP contribution is 2.26. The number of thioether (sulfide) groups is 1.